The second-order valence-corrected chi connectivity index (χ2v) is 5.92. The van der Waals surface area contributed by atoms with Crippen molar-refractivity contribution < 1.29 is 4.79 Å². The third-order valence-corrected chi connectivity index (χ3v) is 4.45. The van der Waals surface area contributed by atoms with E-state index in [0.717, 1.165) is 18.0 Å². The lowest BCUT2D eigenvalue weighted by atomic mass is 10.1. The Bertz CT molecular complexity index is 551. The van der Waals surface area contributed by atoms with E-state index in [4.69, 9.17) is 0 Å². The Kier molecular flexibility index (Phi) is 2.89. The highest BCUT2D eigenvalue weighted by atomic mass is 32.2. The molecule has 2 aliphatic rings. The number of thioether (sulfide) groups is 1. The number of nitrogens with zero attached hydrogens (tertiary/aromatic N) is 2. The largest absolute Gasteiger partial charge is 0.353 e. The van der Waals surface area contributed by atoms with E-state index in [1.54, 1.807) is 17.7 Å². The zero-order chi connectivity index (χ0) is 12.7. The Balaban J connectivity index is 1.81. The summed E-state index contributed by atoms with van der Waals surface area (Å²) in [4.78, 5) is 28.2. The zero-order valence-electron chi connectivity index (χ0n) is 10.2. The molecule has 2 heterocycles. The van der Waals surface area contributed by atoms with E-state index in [1.807, 2.05) is 0 Å². The first-order chi connectivity index (χ1) is 8.65. The van der Waals surface area contributed by atoms with Crippen LogP contribution in [-0.4, -0.2) is 27.3 Å². The lowest BCUT2D eigenvalue weighted by Gasteiger charge is -2.24. The van der Waals surface area contributed by atoms with Crippen LogP contribution in [0.5, 0.6) is 0 Å². The molecule has 1 N–H and O–H groups in total. The van der Waals surface area contributed by atoms with Crippen molar-refractivity contribution in [3.05, 3.63) is 22.1 Å². The predicted molar refractivity (Wildman–Crippen MR) is 68.6 cm³/mol. The molecule has 18 heavy (non-hydrogen) atoms. The molecule has 0 saturated heterocycles. The number of rotatable bonds is 2. The molecule has 1 saturated carbocycles. The fourth-order valence-corrected chi connectivity index (χ4v) is 3.05. The van der Waals surface area contributed by atoms with Crippen molar-refractivity contribution in [2.24, 2.45) is 5.92 Å². The first kappa shape index (κ1) is 11.8. The van der Waals surface area contributed by atoms with Gasteiger partial charge in [0.15, 0.2) is 5.16 Å². The lowest BCUT2D eigenvalue weighted by molar-refractivity contribution is -0.125. The number of aromatic nitrogens is 2. The molecule has 0 bridgehead atoms. The van der Waals surface area contributed by atoms with Gasteiger partial charge in [-0.3, -0.25) is 14.2 Å². The van der Waals surface area contributed by atoms with Crippen LogP contribution < -0.4 is 10.9 Å². The molecule has 1 aromatic heterocycles. The van der Waals surface area contributed by atoms with Gasteiger partial charge in [0.2, 0.25) is 5.91 Å². The van der Waals surface area contributed by atoms with Crippen LogP contribution in [-0.2, 0) is 11.3 Å². The molecule has 0 spiro atoms. The Labute approximate surface area is 109 Å². The number of carbonyl (C=O) groups is 1. The number of nitrogens with one attached hydrogen (secondary N) is 1. The number of hydrogen-bond acceptors (Lipinski definition) is 4. The molecule has 0 radical (unpaired) electrons. The maximum absolute atomic E-state index is 12.0. The minimum absolute atomic E-state index is 0.0311. The maximum atomic E-state index is 12.0. The van der Waals surface area contributed by atoms with Crippen molar-refractivity contribution in [3.8, 4) is 0 Å². The summed E-state index contributed by atoms with van der Waals surface area (Å²) in [7, 11) is 0. The van der Waals surface area contributed by atoms with Crippen molar-refractivity contribution >= 4 is 17.7 Å². The van der Waals surface area contributed by atoms with E-state index in [0.29, 0.717) is 23.9 Å². The summed E-state index contributed by atoms with van der Waals surface area (Å²) in [5.41, 5.74) is 0.596. The van der Waals surface area contributed by atoms with Gasteiger partial charge in [0, 0.05) is 30.1 Å². The van der Waals surface area contributed by atoms with Crippen molar-refractivity contribution in [3.63, 3.8) is 0 Å². The average Bonchev–Trinajstić information content (AvgIpc) is 3.17. The molecule has 1 fully saturated rings. The number of aryl methyl sites for hydroxylation is 1. The maximum Gasteiger partial charge on any atom is 0.257 e. The molecule has 1 aromatic rings. The van der Waals surface area contributed by atoms with E-state index >= 15 is 0 Å². The van der Waals surface area contributed by atoms with E-state index in [9.17, 15) is 9.59 Å². The van der Waals surface area contributed by atoms with Crippen LogP contribution in [0.2, 0.25) is 0 Å². The first-order valence-electron chi connectivity index (χ1n) is 6.15. The molecule has 1 aliphatic carbocycles. The highest BCUT2D eigenvalue weighted by molar-refractivity contribution is 7.99. The third-order valence-electron chi connectivity index (χ3n) is 3.29. The van der Waals surface area contributed by atoms with E-state index in [2.05, 4.69) is 10.3 Å². The molecule has 1 amide bonds. The summed E-state index contributed by atoms with van der Waals surface area (Å²) in [6.45, 7) is 2.20. The summed E-state index contributed by atoms with van der Waals surface area (Å²) in [5, 5.41) is 3.72. The molecule has 0 aromatic carbocycles. The Hall–Kier alpha value is -1.30. The number of fused-ring (bicyclic) bond motifs is 1. The number of carbonyl (C=O) groups excluding carboxylic acids is 1. The van der Waals surface area contributed by atoms with Gasteiger partial charge >= 0.3 is 0 Å². The molecular weight excluding hydrogens is 250 g/mol. The molecule has 96 valence electrons. The average molecular weight is 265 g/mol. The molecule has 1 atom stereocenters. The van der Waals surface area contributed by atoms with Gasteiger partial charge in [-0.15, -0.1) is 0 Å². The van der Waals surface area contributed by atoms with Gasteiger partial charge in [-0.25, -0.2) is 4.98 Å². The highest BCUT2D eigenvalue weighted by Gasteiger charge is 2.31. The summed E-state index contributed by atoms with van der Waals surface area (Å²) in [6, 6.07) is 0.372. The van der Waals surface area contributed by atoms with Crippen LogP contribution in [0.3, 0.4) is 0 Å². The second-order valence-electron chi connectivity index (χ2n) is 4.93. The molecule has 3 rings (SSSR count). The summed E-state index contributed by atoms with van der Waals surface area (Å²) < 4.78 is 1.63. The fraction of sp³-hybridized carbons (Fsp3) is 0.583. The fourth-order valence-electron chi connectivity index (χ4n) is 2.01. The molecular formula is C12H15N3O2S. The van der Waals surface area contributed by atoms with Gasteiger partial charge in [-0.1, -0.05) is 11.8 Å². The van der Waals surface area contributed by atoms with Crippen LogP contribution in [0, 0.1) is 12.8 Å². The molecule has 5 nitrogen and oxygen atoms in total. The Morgan fingerprint density at radius 2 is 2.33 bits per heavy atom. The second kappa shape index (κ2) is 4.42. The number of hydrogen-bond donors (Lipinski definition) is 1. The van der Waals surface area contributed by atoms with Crippen LogP contribution in [0.25, 0.3) is 0 Å². The first-order valence-corrected chi connectivity index (χ1v) is 7.13. The highest BCUT2D eigenvalue weighted by Crippen LogP contribution is 2.26. The van der Waals surface area contributed by atoms with Crippen LogP contribution in [0.1, 0.15) is 18.4 Å². The quantitative estimate of drug-likeness (QED) is 0.793. The monoisotopic (exact) mass is 265 g/mol. The smallest absolute Gasteiger partial charge is 0.257 e. The van der Waals surface area contributed by atoms with Gasteiger partial charge in [-0.05, 0) is 19.8 Å². The van der Waals surface area contributed by atoms with E-state index in [-0.39, 0.29) is 17.4 Å². The Morgan fingerprint density at radius 3 is 3.06 bits per heavy atom. The van der Waals surface area contributed by atoms with Gasteiger partial charge in [0.05, 0.1) is 5.92 Å². The van der Waals surface area contributed by atoms with Crippen molar-refractivity contribution in [1.29, 1.82) is 0 Å². The van der Waals surface area contributed by atoms with Crippen LogP contribution in [0.15, 0.2) is 16.1 Å². The summed E-state index contributed by atoms with van der Waals surface area (Å²) >= 11 is 1.49. The summed E-state index contributed by atoms with van der Waals surface area (Å²) in [5.74, 6) is 0.655. The summed E-state index contributed by atoms with van der Waals surface area (Å²) in [6.07, 6.45) is 3.78. The molecule has 0 unspecified atom stereocenters. The SMILES string of the molecule is Cc1cnc2n(c1=O)C[C@@H](C(=O)NC1CC1)CS2. The lowest BCUT2D eigenvalue weighted by Crippen LogP contribution is -2.41. The van der Waals surface area contributed by atoms with Gasteiger partial charge < -0.3 is 5.32 Å². The predicted octanol–water partition coefficient (Wildman–Crippen LogP) is 0.552. The number of amides is 1. The molecule has 1 aliphatic heterocycles. The van der Waals surface area contributed by atoms with E-state index < -0.39 is 0 Å². The topological polar surface area (TPSA) is 64.0 Å². The minimum atomic E-state index is -0.121. The van der Waals surface area contributed by atoms with Crippen molar-refractivity contribution in [2.75, 3.05) is 5.75 Å². The minimum Gasteiger partial charge on any atom is -0.353 e. The standard InChI is InChI=1S/C12H15N3O2S/c1-7-4-13-12-15(11(7)17)5-8(6-18-12)10(16)14-9-2-3-9/h4,8-9H,2-3,5-6H2,1H3,(H,14,16)/t8-/m1/s1. The van der Waals surface area contributed by atoms with Crippen LogP contribution in [0.4, 0.5) is 0 Å². The van der Waals surface area contributed by atoms with Crippen LogP contribution >= 0.6 is 11.8 Å². The van der Waals surface area contributed by atoms with E-state index in [1.165, 1.54) is 11.8 Å². The Morgan fingerprint density at radius 1 is 1.56 bits per heavy atom. The molecule has 6 heteroatoms. The van der Waals surface area contributed by atoms with Crippen molar-refractivity contribution in [2.45, 2.75) is 37.5 Å². The zero-order valence-corrected chi connectivity index (χ0v) is 11.0. The van der Waals surface area contributed by atoms with Gasteiger partial charge in [0.1, 0.15) is 0 Å². The third kappa shape index (κ3) is 2.16. The van der Waals surface area contributed by atoms with Gasteiger partial charge in [0.25, 0.3) is 5.56 Å². The van der Waals surface area contributed by atoms with Crippen molar-refractivity contribution in [1.82, 2.24) is 14.9 Å². The van der Waals surface area contributed by atoms with Gasteiger partial charge in [-0.2, -0.15) is 0 Å². The normalized spacial score (nSPS) is 22.4.